The Labute approximate surface area is 58.2 Å². The molecule has 9 heavy (non-hydrogen) atoms. The molecular formula is C7H18N2. The van der Waals surface area contributed by atoms with E-state index in [0.717, 1.165) is 0 Å². The van der Waals surface area contributed by atoms with E-state index in [9.17, 15) is 0 Å². The Balaban J connectivity index is -0.0000000646. The molecule has 0 spiro atoms. The maximum Gasteiger partial charge on any atom is -0.0106 e. The van der Waals surface area contributed by atoms with Gasteiger partial charge in [-0.05, 0) is 19.3 Å². The minimum absolute atomic E-state index is 1.25. The summed E-state index contributed by atoms with van der Waals surface area (Å²) >= 11 is 0. The molecule has 0 aliphatic rings. The molecule has 4 N–H and O–H groups in total. The summed E-state index contributed by atoms with van der Waals surface area (Å²) in [7, 11) is 0. The van der Waals surface area contributed by atoms with Crippen molar-refractivity contribution in [1.82, 2.24) is 0 Å². The zero-order valence-electron chi connectivity index (χ0n) is 6.59. The molecule has 0 aliphatic carbocycles. The van der Waals surface area contributed by atoms with Gasteiger partial charge in [-0.3, -0.25) is 0 Å². The van der Waals surface area contributed by atoms with Gasteiger partial charge in [0.2, 0.25) is 0 Å². The van der Waals surface area contributed by atoms with Gasteiger partial charge in [-0.25, -0.2) is 0 Å². The zero-order chi connectivity index (χ0) is 8.12. The van der Waals surface area contributed by atoms with Gasteiger partial charge in [-0.2, -0.15) is 0 Å². The zero-order valence-corrected chi connectivity index (χ0v) is 6.59. The van der Waals surface area contributed by atoms with E-state index in [-0.39, 0.29) is 0 Å². The van der Waals surface area contributed by atoms with Crippen molar-refractivity contribution < 1.29 is 0 Å². The number of hydrogen-bond donors (Lipinski definition) is 2. The summed E-state index contributed by atoms with van der Waals surface area (Å²) in [5.41, 5.74) is 9.46. The van der Waals surface area contributed by atoms with E-state index >= 15 is 0 Å². The van der Waals surface area contributed by atoms with E-state index < -0.39 is 0 Å². The second-order valence-electron chi connectivity index (χ2n) is 0.761. The molecule has 2 nitrogen and oxygen atoms in total. The Morgan fingerprint density at radius 3 is 1.33 bits per heavy atom. The standard InChI is InChI=1S/C3H7N.C2H5N.C2H6/c1-2-3-4;1-2-3;1-2/h2-3H,4H2,1H3;2H,1,3H2;1-2H3/b3-2-;;. The van der Waals surface area contributed by atoms with Gasteiger partial charge in [0.25, 0.3) is 0 Å². The molecule has 0 aromatic heterocycles. The lowest BCUT2D eigenvalue weighted by Gasteiger charge is -1.53. The predicted molar refractivity (Wildman–Crippen MR) is 44.7 cm³/mol. The van der Waals surface area contributed by atoms with Gasteiger partial charge in [-0.1, -0.05) is 26.5 Å². The third-order valence-electron chi connectivity index (χ3n) is 0.192. The van der Waals surface area contributed by atoms with E-state index in [4.69, 9.17) is 5.73 Å². The fraction of sp³-hybridized carbons (Fsp3) is 0.429. The normalized spacial score (nSPS) is 6.11. The van der Waals surface area contributed by atoms with Crippen molar-refractivity contribution in [2.75, 3.05) is 0 Å². The highest BCUT2D eigenvalue weighted by atomic mass is 14.5. The van der Waals surface area contributed by atoms with Crippen LogP contribution in [0, 0.1) is 0 Å². The first-order chi connectivity index (χ1) is 4.33. The third-order valence-corrected chi connectivity index (χ3v) is 0.192. The van der Waals surface area contributed by atoms with Crippen LogP contribution in [0.25, 0.3) is 0 Å². The number of rotatable bonds is 0. The number of hydrogen-bond acceptors (Lipinski definition) is 2. The van der Waals surface area contributed by atoms with Gasteiger partial charge in [0.15, 0.2) is 0 Å². The topological polar surface area (TPSA) is 52.0 Å². The van der Waals surface area contributed by atoms with E-state index in [1.807, 2.05) is 20.8 Å². The van der Waals surface area contributed by atoms with Gasteiger partial charge >= 0.3 is 0 Å². The van der Waals surface area contributed by atoms with Gasteiger partial charge in [0, 0.05) is 0 Å². The van der Waals surface area contributed by atoms with Crippen molar-refractivity contribution in [1.29, 1.82) is 0 Å². The third kappa shape index (κ3) is 28500. The fourth-order valence-corrected chi connectivity index (χ4v) is 0. The lowest BCUT2D eigenvalue weighted by molar-refractivity contribution is 1.50. The average Bonchev–Trinajstić information content (AvgIpc) is 1.94. The number of nitrogens with two attached hydrogens (primary N) is 2. The highest BCUT2D eigenvalue weighted by Gasteiger charge is 1.32. The van der Waals surface area contributed by atoms with Crippen LogP contribution in [-0.4, -0.2) is 0 Å². The second-order valence-corrected chi connectivity index (χ2v) is 0.761. The van der Waals surface area contributed by atoms with E-state index in [1.54, 1.807) is 6.08 Å². The minimum Gasteiger partial charge on any atom is -0.405 e. The first-order valence-electron chi connectivity index (χ1n) is 2.99. The molecule has 0 fully saturated rings. The smallest absolute Gasteiger partial charge is 0.0106 e. The molecule has 0 bridgehead atoms. The molecule has 56 valence electrons. The van der Waals surface area contributed by atoms with Crippen LogP contribution in [0.15, 0.2) is 25.1 Å². The molecule has 0 rings (SSSR count). The van der Waals surface area contributed by atoms with Crippen LogP contribution < -0.4 is 11.5 Å². The van der Waals surface area contributed by atoms with Crippen molar-refractivity contribution in [3.8, 4) is 0 Å². The van der Waals surface area contributed by atoms with Crippen molar-refractivity contribution in [3.63, 3.8) is 0 Å². The molecule has 0 unspecified atom stereocenters. The van der Waals surface area contributed by atoms with Crippen LogP contribution in [0.4, 0.5) is 0 Å². The molecule has 0 heterocycles. The van der Waals surface area contributed by atoms with Crippen molar-refractivity contribution in [2.24, 2.45) is 11.5 Å². The van der Waals surface area contributed by atoms with E-state index in [2.05, 4.69) is 12.3 Å². The van der Waals surface area contributed by atoms with E-state index in [0.29, 0.717) is 0 Å². The SMILES string of the molecule is C/C=C\N.C=CN.CC. The Bertz CT molecular complexity index is 44.9. The second kappa shape index (κ2) is 60.5. The molecule has 0 radical (unpaired) electrons. The molecule has 0 saturated heterocycles. The Hall–Kier alpha value is -0.920. The van der Waals surface area contributed by atoms with Gasteiger partial charge in [0.1, 0.15) is 0 Å². The quantitative estimate of drug-likeness (QED) is 0.523. The molecule has 0 aliphatic heterocycles. The largest absolute Gasteiger partial charge is 0.405 e. The molecular weight excluding hydrogens is 112 g/mol. The summed E-state index contributed by atoms with van der Waals surface area (Å²) in [5, 5.41) is 0. The van der Waals surface area contributed by atoms with Gasteiger partial charge < -0.3 is 11.5 Å². The summed E-state index contributed by atoms with van der Waals surface area (Å²) < 4.78 is 0. The maximum absolute atomic E-state index is 4.85. The first kappa shape index (κ1) is 15.7. The van der Waals surface area contributed by atoms with Crippen molar-refractivity contribution in [3.05, 3.63) is 25.1 Å². The molecule has 2 heteroatoms. The Morgan fingerprint density at radius 2 is 1.33 bits per heavy atom. The molecule has 0 aromatic rings. The van der Waals surface area contributed by atoms with Crippen LogP contribution in [0.2, 0.25) is 0 Å². The lowest BCUT2D eigenvalue weighted by atomic mass is 10.7. The highest BCUT2D eigenvalue weighted by molar-refractivity contribution is 4.66. The van der Waals surface area contributed by atoms with E-state index in [1.165, 1.54) is 12.4 Å². The summed E-state index contributed by atoms with van der Waals surface area (Å²) in [4.78, 5) is 0. The minimum atomic E-state index is 1.25. The summed E-state index contributed by atoms with van der Waals surface area (Å²) in [6.45, 7) is 9.01. The average molecular weight is 130 g/mol. The summed E-state index contributed by atoms with van der Waals surface area (Å²) in [5.74, 6) is 0. The lowest BCUT2D eigenvalue weighted by Crippen LogP contribution is -1.70. The monoisotopic (exact) mass is 130 g/mol. The Kier molecular flexibility index (Phi) is 105. The summed E-state index contributed by atoms with van der Waals surface area (Å²) in [6.07, 6.45) is 4.53. The molecule has 0 amide bonds. The van der Waals surface area contributed by atoms with Crippen LogP contribution >= 0.6 is 0 Å². The summed E-state index contributed by atoms with van der Waals surface area (Å²) in [6, 6.07) is 0. The van der Waals surface area contributed by atoms with Crippen molar-refractivity contribution in [2.45, 2.75) is 20.8 Å². The van der Waals surface area contributed by atoms with Crippen molar-refractivity contribution >= 4 is 0 Å². The molecule has 0 aromatic carbocycles. The Morgan fingerprint density at radius 1 is 1.22 bits per heavy atom. The molecule has 0 saturated carbocycles. The first-order valence-corrected chi connectivity index (χ1v) is 2.99. The predicted octanol–water partition coefficient (Wildman–Crippen LogP) is 1.59. The van der Waals surface area contributed by atoms with Gasteiger partial charge in [0.05, 0.1) is 0 Å². The van der Waals surface area contributed by atoms with Crippen LogP contribution in [0.1, 0.15) is 20.8 Å². The maximum atomic E-state index is 4.85. The number of allylic oxidation sites excluding steroid dienone is 1. The van der Waals surface area contributed by atoms with Crippen LogP contribution in [-0.2, 0) is 0 Å². The fourth-order valence-electron chi connectivity index (χ4n) is 0. The van der Waals surface area contributed by atoms with Crippen LogP contribution in [0.3, 0.4) is 0 Å². The molecule has 0 atom stereocenters. The van der Waals surface area contributed by atoms with Crippen LogP contribution in [0.5, 0.6) is 0 Å². The highest BCUT2D eigenvalue weighted by Crippen LogP contribution is 1.47. The van der Waals surface area contributed by atoms with Gasteiger partial charge in [-0.15, -0.1) is 0 Å².